The molecule has 1 aromatic rings. The van der Waals surface area contributed by atoms with E-state index in [1.807, 2.05) is 0 Å². The second-order valence-electron chi connectivity index (χ2n) is 4.57. The van der Waals surface area contributed by atoms with Crippen LogP contribution in [0, 0.1) is 10.1 Å². The maximum atomic E-state index is 12.2. The molecule has 0 bridgehead atoms. The quantitative estimate of drug-likeness (QED) is 0.478. The van der Waals surface area contributed by atoms with E-state index in [0.717, 1.165) is 11.8 Å². The van der Waals surface area contributed by atoms with Gasteiger partial charge < -0.3 is 10.5 Å². The highest BCUT2D eigenvalue weighted by atomic mass is 35.5. The fourth-order valence-corrected chi connectivity index (χ4v) is 3.43. The standard InChI is InChI=1S/C14H14ClN3O4S.ClH/c1-3-22-13(19)11-7(2)17-14(16)23-12(11)9-6-8(18(20)21)4-5-10(9)15;/h4-6,14H,3,16H2,1-2H3;1H. The van der Waals surface area contributed by atoms with Gasteiger partial charge in [-0.2, -0.15) is 0 Å². The third kappa shape index (κ3) is 4.27. The van der Waals surface area contributed by atoms with Crippen LogP contribution in [-0.4, -0.2) is 28.7 Å². The van der Waals surface area contributed by atoms with Gasteiger partial charge in [-0.1, -0.05) is 23.4 Å². The molecule has 0 aliphatic carbocycles. The summed E-state index contributed by atoms with van der Waals surface area (Å²) in [6, 6.07) is 4.03. The van der Waals surface area contributed by atoms with Gasteiger partial charge in [0.15, 0.2) is 0 Å². The molecule has 7 nitrogen and oxygen atoms in total. The van der Waals surface area contributed by atoms with E-state index in [1.165, 1.54) is 18.2 Å². The molecule has 0 saturated carbocycles. The van der Waals surface area contributed by atoms with Crippen LogP contribution in [0.1, 0.15) is 19.4 Å². The molecule has 130 valence electrons. The first kappa shape index (κ1) is 20.4. The van der Waals surface area contributed by atoms with E-state index >= 15 is 0 Å². The third-order valence-electron chi connectivity index (χ3n) is 3.03. The van der Waals surface area contributed by atoms with Crippen molar-refractivity contribution in [2.75, 3.05) is 6.61 Å². The summed E-state index contributed by atoms with van der Waals surface area (Å²) < 4.78 is 5.05. The molecule has 1 heterocycles. The van der Waals surface area contributed by atoms with Crippen LogP contribution < -0.4 is 5.73 Å². The summed E-state index contributed by atoms with van der Waals surface area (Å²) in [5, 5.41) is 11.3. The lowest BCUT2D eigenvalue weighted by molar-refractivity contribution is -0.384. The zero-order valence-corrected chi connectivity index (χ0v) is 15.2. The van der Waals surface area contributed by atoms with E-state index in [9.17, 15) is 14.9 Å². The van der Waals surface area contributed by atoms with Gasteiger partial charge in [0.1, 0.15) is 5.50 Å². The fourth-order valence-electron chi connectivity index (χ4n) is 2.07. The molecule has 0 spiro atoms. The Labute approximate surface area is 153 Å². The highest BCUT2D eigenvalue weighted by Crippen LogP contribution is 2.41. The van der Waals surface area contributed by atoms with E-state index in [0.29, 0.717) is 16.2 Å². The van der Waals surface area contributed by atoms with Gasteiger partial charge in [-0.15, -0.1) is 12.4 Å². The molecule has 2 rings (SSSR count). The number of nitrogens with two attached hydrogens (primary N) is 1. The minimum atomic E-state index is -0.626. The number of aliphatic imine (C=N–C) groups is 1. The highest BCUT2D eigenvalue weighted by Gasteiger charge is 2.29. The summed E-state index contributed by atoms with van der Waals surface area (Å²) in [7, 11) is 0. The first-order valence-electron chi connectivity index (χ1n) is 6.67. The Balaban J connectivity index is 0.00000288. The number of carbonyl (C=O) groups excluding carboxylic acids is 1. The SMILES string of the molecule is CCOC(=O)C1=C(c2cc([N+](=O)[O-])ccc2Cl)SC(N)N=C1C.Cl. The molecule has 2 N–H and O–H groups in total. The van der Waals surface area contributed by atoms with E-state index in [4.69, 9.17) is 22.1 Å². The second kappa shape index (κ2) is 8.48. The number of rotatable bonds is 4. The zero-order valence-electron chi connectivity index (χ0n) is 12.8. The Hall–Kier alpha value is -1.61. The number of esters is 1. The van der Waals surface area contributed by atoms with Crippen molar-refractivity contribution in [2.24, 2.45) is 10.7 Å². The number of hydrogen-bond donors (Lipinski definition) is 1. The van der Waals surface area contributed by atoms with Crippen LogP contribution in [0.5, 0.6) is 0 Å². The van der Waals surface area contributed by atoms with Crippen molar-refractivity contribution in [1.29, 1.82) is 0 Å². The van der Waals surface area contributed by atoms with Crippen LogP contribution in [0.3, 0.4) is 0 Å². The predicted octanol–water partition coefficient (Wildman–Crippen LogP) is 3.39. The van der Waals surface area contributed by atoms with Gasteiger partial charge >= 0.3 is 5.97 Å². The van der Waals surface area contributed by atoms with Crippen LogP contribution >= 0.6 is 35.8 Å². The van der Waals surface area contributed by atoms with E-state index < -0.39 is 16.4 Å². The van der Waals surface area contributed by atoms with Gasteiger partial charge in [-0.05, 0) is 19.9 Å². The lowest BCUT2D eigenvalue weighted by Crippen LogP contribution is -2.25. The van der Waals surface area contributed by atoms with Gasteiger partial charge in [0.05, 0.1) is 22.8 Å². The van der Waals surface area contributed by atoms with Crippen molar-refractivity contribution < 1.29 is 14.5 Å². The van der Waals surface area contributed by atoms with Crippen LogP contribution in [0.15, 0.2) is 28.8 Å². The van der Waals surface area contributed by atoms with Gasteiger partial charge in [-0.3, -0.25) is 15.1 Å². The molecule has 10 heteroatoms. The molecule has 1 unspecified atom stereocenters. The Kier molecular flexibility index (Phi) is 7.22. The first-order chi connectivity index (χ1) is 10.8. The topological polar surface area (TPSA) is 108 Å². The molecule has 1 aliphatic heterocycles. The number of thioether (sulfide) groups is 1. The number of hydrogen-bond acceptors (Lipinski definition) is 7. The van der Waals surface area contributed by atoms with Crippen molar-refractivity contribution in [2.45, 2.75) is 19.3 Å². The van der Waals surface area contributed by atoms with Gasteiger partial charge in [-0.25, -0.2) is 4.79 Å². The summed E-state index contributed by atoms with van der Waals surface area (Å²) in [6.45, 7) is 3.52. The van der Waals surface area contributed by atoms with Gasteiger partial charge in [0, 0.05) is 27.6 Å². The summed E-state index contributed by atoms with van der Waals surface area (Å²) in [6.07, 6.45) is 0. The van der Waals surface area contributed by atoms with E-state index in [2.05, 4.69) is 4.99 Å². The summed E-state index contributed by atoms with van der Waals surface area (Å²) in [4.78, 5) is 27.3. The number of carbonyl (C=O) groups is 1. The second-order valence-corrected chi connectivity index (χ2v) is 6.10. The van der Waals surface area contributed by atoms with Crippen molar-refractivity contribution in [3.63, 3.8) is 0 Å². The Morgan fingerprint density at radius 2 is 2.21 bits per heavy atom. The molecule has 0 saturated heterocycles. The van der Waals surface area contributed by atoms with Crippen molar-refractivity contribution in [3.05, 3.63) is 44.5 Å². The Morgan fingerprint density at radius 1 is 1.54 bits per heavy atom. The van der Waals surface area contributed by atoms with E-state index in [1.54, 1.807) is 13.8 Å². The first-order valence-corrected chi connectivity index (χ1v) is 7.93. The fraction of sp³-hybridized carbons (Fsp3) is 0.286. The lowest BCUT2D eigenvalue weighted by atomic mass is 10.1. The lowest BCUT2D eigenvalue weighted by Gasteiger charge is -2.22. The minimum absolute atomic E-state index is 0. The van der Waals surface area contributed by atoms with Gasteiger partial charge in [0.2, 0.25) is 0 Å². The van der Waals surface area contributed by atoms with Crippen LogP contribution in [0.4, 0.5) is 5.69 Å². The molecule has 0 fully saturated rings. The number of benzene rings is 1. The maximum absolute atomic E-state index is 12.2. The molecule has 1 aromatic carbocycles. The molecule has 0 radical (unpaired) electrons. The smallest absolute Gasteiger partial charge is 0.341 e. The van der Waals surface area contributed by atoms with Crippen LogP contribution in [0.2, 0.25) is 5.02 Å². The molecule has 24 heavy (non-hydrogen) atoms. The minimum Gasteiger partial charge on any atom is -0.462 e. The van der Waals surface area contributed by atoms with Crippen molar-refractivity contribution in [1.82, 2.24) is 0 Å². The van der Waals surface area contributed by atoms with Crippen molar-refractivity contribution >= 4 is 58.0 Å². The average Bonchev–Trinajstić information content (AvgIpc) is 2.46. The zero-order chi connectivity index (χ0) is 17.1. The number of ether oxygens (including phenoxy) is 1. The molecular formula is C14H15Cl2N3O4S. The van der Waals surface area contributed by atoms with Crippen molar-refractivity contribution in [3.8, 4) is 0 Å². The molecule has 1 aliphatic rings. The summed E-state index contributed by atoms with van der Waals surface area (Å²) in [5.41, 5.74) is 6.09. The highest BCUT2D eigenvalue weighted by molar-refractivity contribution is 8.09. The Bertz CT molecular complexity index is 737. The van der Waals surface area contributed by atoms with Crippen LogP contribution in [-0.2, 0) is 9.53 Å². The molecule has 0 amide bonds. The average molecular weight is 392 g/mol. The summed E-state index contributed by atoms with van der Waals surface area (Å²) >= 11 is 7.28. The number of halogens is 2. The number of non-ortho nitro benzene ring substituents is 1. The normalized spacial score (nSPS) is 17.0. The largest absolute Gasteiger partial charge is 0.462 e. The predicted molar refractivity (Wildman–Crippen MR) is 97.6 cm³/mol. The van der Waals surface area contributed by atoms with Crippen LogP contribution in [0.25, 0.3) is 4.91 Å². The maximum Gasteiger partial charge on any atom is 0.341 e. The number of nitro groups is 1. The molecule has 1 atom stereocenters. The number of nitro benzene ring substituents is 1. The monoisotopic (exact) mass is 391 g/mol. The summed E-state index contributed by atoms with van der Waals surface area (Å²) in [5.74, 6) is -0.564. The van der Waals surface area contributed by atoms with E-state index in [-0.39, 0.29) is 35.3 Å². The Morgan fingerprint density at radius 3 is 2.79 bits per heavy atom. The number of nitrogens with zero attached hydrogens (tertiary/aromatic N) is 2. The molecule has 0 aromatic heterocycles. The third-order valence-corrected chi connectivity index (χ3v) is 4.37. The van der Waals surface area contributed by atoms with Gasteiger partial charge in [0.25, 0.3) is 5.69 Å². The molecular weight excluding hydrogens is 377 g/mol.